The van der Waals surface area contributed by atoms with Crippen molar-refractivity contribution in [2.75, 3.05) is 13.2 Å². The van der Waals surface area contributed by atoms with Gasteiger partial charge in [-0.05, 0) is 83.5 Å². The monoisotopic (exact) mass is 888 g/mol. The van der Waals surface area contributed by atoms with Crippen LogP contribution < -0.4 is 5.32 Å². The molecule has 0 heterocycles. The number of carbonyl (C=O) groups excluding carboxylic acids is 2. The maximum Gasteiger partial charge on any atom is 0.305 e. The topological polar surface area (TPSA) is 95.9 Å². The van der Waals surface area contributed by atoms with E-state index in [4.69, 9.17) is 4.74 Å². The van der Waals surface area contributed by atoms with E-state index < -0.39 is 12.1 Å². The van der Waals surface area contributed by atoms with E-state index in [2.05, 4.69) is 43.5 Å². The van der Waals surface area contributed by atoms with Crippen LogP contribution in [0.3, 0.4) is 0 Å². The Morgan fingerprint density at radius 3 is 1.13 bits per heavy atom. The minimum Gasteiger partial charge on any atom is -0.466 e. The molecule has 0 saturated heterocycles. The van der Waals surface area contributed by atoms with Gasteiger partial charge in [0.15, 0.2) is 0 Å². The highest BCUT2D eigenvalue weighted by Crippen LogP contribution is 2.17. The third kappa shape index (κ3) is 49.6. The zero-order chi connectivity index (χ0) is 45.8. The number of nitrogens with one attached hydrogen (secondary N) is 1. The third-order valence-corrected chi connectivity index (χ3v) is 13.0. The second-order valence-corrected chi connectivity index (χ2v) is 19.3. The summed E-state index contributed by atoms with van der Waals surface area (Å²) in [4.78, 5) is 24.5. The summed E-state index contributed by atoms with van der Waals surface area (Å²) in [6.07, 6.45) is 63.0. The molecule has 0 aliphatic carbocycles. The Kier molecular flexibility index (Phi) is 51.6. The van der Waals surface area contributed by atoms with E-state index in [1.807, 2.05) is 0 Å². The lowest BCUT2D eigenvalue weighted by Crippen LogP contribution is -2.45. The van der Waals surface area contributed by atoms with E-state index >= 15 is 0 Å². The number of aliphatic hydroxyl groups is 2. The first-order valence-corrected chi connectivity index (χ1v) is 28.1. The molecule has 63 heavy (non-hydrogen) atoms. The highest BCUT2D eigenvalue weighted by molar-refractivity contribution is 5.76. The summed E-state index contributed by atoms with van der Waals surface area (Å²) in [5, 5.41) is 23.2. The Labute approximate surface area is 392 Å². The molecule has 0 aliphatic rings. The van der Waals surface area contributed by atoms with Gasteiger partial charge < -0.3 is 20.3 Å². The summed E-state index contributed by atoms with van der Waals surface area (Å²) in [6, 6.07) is -0.560. The molecular formula is C57H109NO5. The summed E-state index contributed by atoms with van der Waals surface area (Å²) in [7, 11) is 0. The fraction of sp³-hybridized carbons (Fsp3) is 0.895. The molecule has 6 nitrogen and oxygen atoms in total. The predicted octanol–water partition coefficient (Wildman–Crippen LogP) is 17.1. The van der Waals surface area contributed by atoms with Gasteiger partial charge in [-0.15, -0.1) is 0 Å². The predicted molar refractivity (Wildman–Crippen MR) is 273 cm³/mol. The van der Waals surface area contributed by atoms with Crippen molar-refractivity contribution in [3.63, 3.8) is 0 Å². The Morgan fingerprint density at radius 2 is 0.746 bits per heavy atom. The van der Waals surface area contributed by atoms with Gasteiger partial charge in [-0.1, -0.05) is 231 Å². The number of rotatable bonds is 52. The molecule has 3 N–H and O–H groups in total. The van der Waals surface area contributed by atoms with Crippen LogP contribution in [0.1, 0.15) is 303 Å². The summed E-state index contributed by atoms with van der Waals surface area (Å²) in [5.41, 5.74) is 0. The van der Waals surface area contributed by atoms with Crippen molar-refractivity contribution in [2.45, 2.75) is 315 Å². The van der Waals surface area contributed by atoms with Crippen LogP contribution in [0.2, 0.25) is 0 Å². The van der Waals surface area contributed by atoms with Crippen LogP contribution in [0.15, 0.2) is 24.3 Å². The third-order valence-electron chi connectivity index (χ3n) is 13.0. The molecule has 2 atom stereocenters. The standard InChI is InChI=1S/C57H109NO5/c1-3-5-7-9-11-13-15-17-19-20-21-22-24-26-31-35-39-43-47-51-57(62)63-52-48-44-40-36-32-28-27-30-34-38-42-46-50-56(61)58-54(53-59)55(60)49-45-41-37-33-29-25-23-18-16-14-12-10-8-6-4-2/h17,19,28,32,54-55,59-60H,3-16,18,20-27,29-31,33-53H2,1-2H3,(H,58,61)/b19-17-,32-28-. The number of amides is 1. The highest BCUT2D eigenvalue weighted by Gasteiger charge is 2.20. The first-order valence-electron chi connectivity index (χ1n) is 28.1. The van der Waals surface area contributed by atoms with Crippen molar-refractivity contribution in [1.29, 1.82) is 0 Å². The molecule has 0 aromatic rings. The molecule has 1 amide bonds. The Bertz CT molecular complexity index is 982. The minimum atomic E-state index is -0.680. The van der Waals surface area contributed by atoms with E-state index in [-0.39, 0.29) is 18.5 Å². The van der Waals surface area contributed by atoms with E-state index in [9.17, 15) is 19.8 Å². The van der Waals surface area contributed by atoms with Crippen molar-refractivity contribution in [3.05, 3.63) is 24.3 Å². The number of unbranched alkanes of at least 4 members (excludes halogenated alkanes) is 37. The molecule has 0 radical (unpaired) electrons. The number of ether oxygens (including phenoxy) is 1. The molecule has 0 aromatic carbocycles. The largest absolute Gasteiger partial charge is 0.466 e. The first-order chi connectivity index (χ1) is 31.0. The van der Waals surface area contributed by atoms with Gasteiger partial charge in [0.2, 0.25) is 5.91 Å². The van der Waals surface area contributed by atoms with Crippen LogP contribution in [-0.2, 0) is 14.3 Å². The quantitative estimate of drug-likeness (QED) is 0.0321. The number of hydrogen-bond acceptors (Lipinski definition) is 5. The van der Waals surface area contributed by atoms with E-state index in [1.54, 1.807) is 0 Å². The molecule has 0 saturated carbocycles. The molecule has 6 heteroatoms. The molecule has 0 fully saturated rings. The van der Waals surface area contributed by atoms with E-state index in [0.29, 0.717) is 25.9 Å². The SMILES string of the molecule is CCCCCCCC/C=C\CCCCCCCCCCCC(=O)OCCCCC/C=C\CCCCCCCC(=O)NC(CO)C(O)CCCCCCCCCCCCCCCCC. The second kappa shape index (κ2) is 53.0. The zero-order valence-corrected chi connectivity index (χ0v) is 42.3. The fourth-order valence-electron chi connectivity index (χ4n) is 8.63. The van der Waals surface area contributed by atoms with Crippen LogP contribution >= 0.6 is 0 Å². The van der Waals surface area contributed by atoms with Crippen LogP contribution in [0.4, 0.5) is 0 Å². The van der Waals surface area contributed by atoms with Crippen LogP contribution in [0.5, 0.6) is 0 Å². The molecule has 2 unspecified atom stereocenters. The first kappa shape index (κ1) is 61.3. The number of carbonyl (C=O) groups is 2. The number of allylic oxidation sites excluding steroid dienone is 4. The van der Waals surface area contributed by atoms with Gasteiger partial charge in [0.05, 0.1) is 25.4 Å². The molecule has 372 valence electrons. The van der Waals surface area contributed by atoms with Gasteiger partial charge in [-0.3, -0.25) is 9.59 Å². The molecule has 0 spiro atoms. The molecular weight excluding hydrogens is 779 g/mol. The lowest BCUT2D eigenvalue weighted by atomic mass is 10.0. The van der Waals surface area contributed by atoms with E-state index in [0.717, 1.165) is 77.0 Å². The highest BCUT2D eigenvalue weighted by atomic mass is 16.5. The van der Waals surface area contributed by atoms with Gasteiger partial charge >= 0.3 is 5.97 Å². The van der Waals surface area contributed by atoms with E-state index in [1.165, 1.54) is 193 Å². The summed E-state index contributed by atoms with van der Waals surface area (Å²) >= 11 is 0. The van der Waals surface area contributed by atoms with Gasteiger partial charge in [-0.25, -0.2) is 0 Å². The zero-order valence-electron chi connectivity index (χ0n) is 42.3. The normalized spacial score (nSPS) is 12.8. The lowest BCUT2D eigenvalue weighted by molar-refractivity contribution is -0.143. The Morgan fingerprint density at radius 1 is 0.429 bits per heavy atom. The lowest BCUT2D eigenvalue weighted by Gasteiger charge is -2.22. The van der Waals surface area contributed by atoms with Crippen molar-refractivity contribution in [2.24, 2.45) is 0 Å². The average molecular weight is 889 g/mol. The molecule has 0 rings (SSSR count). The van der Waals surface area contributed by atoms with Crippen molar-refractivity contribution < 1.29 is 24.5 Å². The summed E-state index contributed by atoms with van der Waals surface area (Å²) < 4.78 is 5.46. The second-order valence-electron chi connectivity index (χ2n) is 19.3. The van der Waals surface area contributed by atoms with Crippen LogP contribution in [-0.4, -0.2) is 47.4 Å². The van der Waals surface area contributed by atoms with Crippen molar-refractivity contribution in [3.8, 4) is 0 Å². The minimum absolute atomic E-state index is 0.0229. The molecule has 0 aliphatic heterocycles. The van der Waals surface area contributed by atoms with Gasteiger partial charge in [0.1, 0.15) is 0 Å². The maximum atomic E-state index is 12.5. The number of hydrogen-bond donors (Lipinski definition) is 3. The Balaban J connectivity index is 3.48. The van der Waals surface area contributed by atoms with Gasteiger partial charge in [-0.2, -0.15) is 0 Å². The maximum absolute atomic E-state index is 12.5. The van der Waals surface area contributed by atoms with Crippen molar-refractivity contribution >= 4 is 11.9 Å². The smallest absolute Gasteiger partial charge is 0.305 e. The average Bonchev–Trinajstić information content (AvgIpc) is 3.28. The Hall–Kier alpha value is -1.66. The van der Waals surface area contributed by atoms with Gasteiger partial charge in [0, 0.05) is 12.8 Å². The number of esters is 1. The summed E-state index contributed by atoms with van der Waals surface area (Å²) in [6.45, 7) is 4.90. The van der Waals surface area contributed by atoms with Gasteiger partial charge in [0.25, 0.3) is 0 Å². The molecule has 0 bridgehead atoms. The summed E-state index contributed by atoms with van der Waals surface area (Å²) in [5.74, 6) is -0.0826. The number of aliphatic hydroxyl groups excluding tert-OH is 2. The molecule has 0 aromatic heterocycles. The fourth-order valence-corrected chi connectivity index (χ4v) is 8.63. The van der Waals surface area contributed by atoms with Crippen LogP contribution in [0.25, 0.3) is 0 Å². The van der Waals surface area contributed by atoms with Crippen LogP contribution in [0, 0.1) is 0 Å². The van der Waals surface area contributed by atoms with Crippen molar-refractivity contribution in [1.82, 2.24) is 5.32 Å².